The molecule has 1 aliphatic heterocycles. The van der Waals surface area contributed by atoms with Crippen molar-refractivity contribution < 1.29 is 14.6 Å². The van der Waals surface area contributed by atoms with E-state index in [4.69, 9.17) is 33.0 Å². The van der Waals surface area contributed by atoms with Crippen molar-refractivity contribution in [2.24, 2.45) is 0 Å². The van der Waals surface area contributed by atoms with Crippen molar-refractivity contribution in [3.63, 3.8) is 0 Å². The van der Waals surface area contributed by atoms with Gasteiger partial charge in [-0.05, 0) is 31.5 Å². The number of aliphatic carboxylic acids is 1. The lowest BCUT2D eigenvalue weighted by Crippen LogP contribution is -2.38. The van der Waals surface area contributed by atoms with E-state index in [0.717, 1.165) is 13.0 Å². The smallest absolute Gasteiger partial charge is 0.320 e. The van der Waals surface area contributed by atoms with Crippen molar-refractivity contribution in [2.75, 3.05) is 19.7 Å². The lowest BCUT2D eigenvalue weighted by Gasteiger charge is -2.21. The molecule has 0 bridgehead atoms. The molecule has 0 aliphatic carbocycles. The van der Waals surface area contributed by atoms with Gasteiger partial charge in [-0.15, -0.1) is 0 Å². The van der Waals surface area contributed by atoms with Crippen LogP contribution in [0.5, 0.6) is 5.75 Å². The van der Waals surface area contributed by atoms with Crippen LogP contribution in [0.25, 0.3) is 0 Å². The molecule has 1 heterocycles. The Kier molecular flexibility index (Phi) is 4.91. The molecule has 1 aromatic carbocycles. The largest absolute Gasteiger partial charge is 0.491 e. The van der Waals surface area contributed by atoms with Crippen LogP contribution in [0, 0.1) is 0 Å². The van der Waals surface area contributed by atoms with Gasteiger partial charge >= 0.3 is 5.97 Å². The normalized spacial score (nSPS) is 19.6. The minimum Gasteiger partial charge on any atom is -0.491 e. The van der Waals surface area contributed by atoms with Gasteiger partial charge in [-0.3, -0.25) is 9.69 Å². The first-order valence-corrected chi connectivity index (χ1v) is 6.88. The molecule has 0 saturated carbocycles. The molecule has 1 saturated heterocycles. The van der Waals surface area contributed by atoms with Gasteiger partial charge in [-0.25, -0.2) is 0 Å². The van der Waals surface area contributed by atoms with E-state index >= 15 is 0 Å². The van der Waals surface area contributed by atoms with Crippen LogP contribution in [0.1, 0.15) is 12.8 Å². The molecule has 2 rings (SSSR count). The van der Waals surface area contributed by atoms with Crippen LogP contribution < -0.4 is 4.74 Å². The Hall–Kier alpha value is -0.970. The second-order valence-corrected chi connectivity index (χ2v) is 5.30. The maximum atomic E-state index is 11.0. The van der Waals surface area contributed by atoms with E-state index in [0.29, 0.717) is 35.4 Å². The average Bonchev–Trinajstić information content (AvgIpc) is 2.82. The minimum absolute atomic E-state index is 0.390. The molecule has 1 aromatic rings. The Labute approximate surface area is 121 Å². The van der Waals surface area contributed by atoms with E-state index in [1.165, 1.54) is 0 Å². The lowest BCUT2D eigenvalue weighted by molar-refractivity contribution is -0.142. The standard InChI is InChI=1S/C13H15Cl2NO3/c14-9-3-4-10(15)12(8-9)19-7-6-16-5-1-2-11(16)13(17)18/h3-4,8,11H,1-2,5-7H2,(H,17,18)/t11-/m1/s1. The maximum Gasteiger partial charge on any atom is 0.320 e. The van der Waals surface area contributed by atoms with Gasteiger partial charge in [0.1, 0.15) is 18.4 Å². The Bertz CT molecular complexity index is 467. The van der Waals surface area contributed by atoms with Crippen LogP contribution in [0.15, 0.2) is 18.2 Å². The Morgan fingerprint density at radius 3 is 3.00 bits per heavy atom. The zero-order chi connectivity index (χ0) is 13.8. The summed E-state index contributed by atoms with van der Waals surface area (Å²) in [5, 5.41) is 10.1. The molecule has 0 spiro atoms. The summed E-state index contributed by atoms with van der Waals surface area (Å²) in [5.41, 5.74) is 0. The van der Waals surface area contributed by atoms with E-state index < -0.39 is 12.0 Å². The van der Waals surface area contributed by atoms with Gasteiger partial charge in [-0.1, -0.05) is 23.2 Å². The number of nitrogens with zero attached hydrogens (tertiary/aromatic N) is 1. The first-order chi connectivity index (χ1) is 9.08. The van der Waals surface area contributed by atoms with Crippen LogP contribution in [0.4, 0.5) is 0 Å². The number of hydrogen-bond donors (Lipinski definition) is 1. The molecule has 6 heteroatoms. The molecular formula is C13H15Cl2NO3. The fraction of sp³-hybridized carbons (Fsp3) is 0.462. The van der Waals surface area contributed by atoms with Gasteiger partial charge in [0.15, 0.2) is 0 Å². The summed E-state index contributed by atoms with van der Waals surface area (Å²) in [6.07, 6.45) is 1.61. The van der Waals surface area contributed by atoms with Crippen LogP contribution in [0.3, 0.4) is 0 Å². The Morgan fingerprint density at radius 2 is 2.26 bits per heavy atom. The van der Waals surface area contributed by atoms with Gasteiger partial charge in [-0.2, -0.15) is 0 Å². The van der Waals surface area contributed by atoms with Crippen molar-refractivity contribution in [1.29, 1.82) is 0 Å². The van der Waals surface area contributed by atoms with Gasteiger partial charge in [0, 0.05) is 17.6 Å². The van der Waals surface area contributed by atoms with E-state index in [1.807, 2.05) is 4.90 Å². The Balaban J connectivity index is 1.86. The third kappa shape index (κ3) is 3.75. The van der Waals surface area contributed by atoms with Crippen LogP contribution in [-0.4, -0.2) is 41.7 Å². The number of carboxylic acid groups (broad SMARTS) is 1. The highest BCUT2D eigenvalue weighted by atomic mass is 35.5. The fourth-order valence-corrected chi connectivity index (χ4v) is 2.57. The molecule has 0 radical (unpaired) electrons. The number of rotatable bonds is 5. The fourth-order valence-electron chi connectivity index (χ4n) is 2.23. The minimum atomic E-state index is -0.765. The van der Waals surface area contributed by atoms with Gasteiger partial charge in [0.25, 0.3) is 0 Å². The quantitative estimate of drug-likeness (QED) is 0.908. The number of halogens is 2. The molecule has 1 N–H and O–H groups in total. The molecule has 1 aliphatic rings. The number of carboxylic acids is 1. The zero-order valence-electron chi connectivity index (χ0n) is 10.3. The van der Waals surface area contributed by atoms with Crippen LogP contribution in [0.2, 0.25) is 10.0 Å². The first kappa shape index (κ1) is 14.4. The molecule has 1 fully saturated rings. The molecule has 4 nitrogen and oxygen atoms in total. The third-order valence-electron chi connectivity index (χ3n) is 3.18. The topological polar surface area (TPSA) is 49.8 Å². The summed E-state index contributed by atoms with van der Waals surface area (Å²) in [4.78, 5) is 12.9. The Morgan fingerprint density at radius 1 is 1.47 bits per heavy atom. The SMILES string of the molecule is O=C(O)[C@H]1CCCN1CCOc1cc(Cl)ccc1Cl. The van der Waals surface area contributed by atoms with Gasteiger partial charge < -0.3 is 9.84 Å². The summed E-state index contributed by atoms with van der Waals surface area (Å²) in [5.74, 6) is -0.237. The first-order valence-electron chi connectivity index (χ1n) is 6.12. The second-order valence-electron chi connectivity index (χ2n) is 4.46. The van der Waals surface area contributed by atoms with Crippen LogP contribution in [-0.2, 0) is 4.79 Å². The molecule has 0 unspecified atom stereocenters. The van der Waals surface area contributed by atoms with Crippen molar-refractivity contribution in [2.45, 2.75) is 18.9 Å². The van der Waals surface area contributed by atoms with E-state index in [-0.39, 0.29) is 0 Å². The van der Waals surface area contributed by atoms with Crippen molar-refractivity contribution in [3.8, 4) is 5.75 Å². The van der Waals surface area contributed by atoms with E-state index in [2.05, 4.69) is 0 Å². The highest BCUT2D eigenvalue weighted by Gasteiger charge is 2.29. The molecular weight excluding hydrogens is 289 g/mol. The third-order valence-corrected chi connectivity index (χ3v) is 3.73. The average molecular weight is 304 g/mol. The zero-order valence-corrected chi connectivity index (χ0v) is 11.8. The second kappa shape index (κ2) is 6.46. The number of benzene rings is 1. The van der Waals surface area contributed by atoms with Crippen LogP contribution >= 0.6 is 23.2 Å². The number of carbonyl (C=O) groups is 1. The van der Waals surface area contributed by atoms with Crippen molar-refractivity contribution >= 4 is 29.2 Å². The maximum absolute atomic E-state index is 11.0. The molecule has 104 valence electrons. The highest BCUT2D eigenvalue weighted by Crippen LogP contribution is 2.27. The predicted octanol–water partition coefficient (Wildman–Crippen LogP) is 2.92. The summed E-state index contributed by atoms with van der Waals surface area (Å²) in [6.45, 7) is 1.76. The molecule has 0 amide bonds. The summed E-state index contributed by atoms with van der Waals surface area (Å²) in [6, 6.07) is 4.63. The van der Waals surface area contributed by atoms with Crippen molar-refractivity contribution in [1.82, 2.24) is 4.90 Å². The highest BCUT2D eigenvalue weighted by molar-refractivity contribution is 6.34. The number of ether oxygens (including phenoxy) is 1. The monoisotopic (exact) mass is 303 g/mol. The summed E-state index contributed by atoms with van der Waals surface area (Å²) < 4.78 is 5.56. The predicted molar refractivity (Wildman–Crippen MR) is 74.2 cm³/mol. The van der Waals surface area contributed by atoms with E-state index in [9.17, 15) is 4.79 Å². The summed E-state index contributed by atoms with van der Waals surface area (Å²) >= 11 is 11.8. The van der Waals surface area contributed by atoms with Gasteiger partial charge in [0.05, 0.1) is 5.02 Å². The molecule has 1 atom stereocenters. The van der Waals surface area contributed by atoms with Gasteiger partial charge in [0.2, 0.25) is 0 Å². The molecule has 0 aromatic heterocycles. The number of hydrogen-bond acceptors (Lipinski definition) is 3. The van der Waals surface area contributed by atoms with E-state index in [1.54, 1.807) is 18.2 Å². The molecule has 19 heavy (non-hydrogen) atoms. The van der Waals surface area contributed by atoms with Crippen molar-refractivity contribution in [3.05, 3.63) is 28.2 Å². The lowest BCUT2D eigenvalue weighted by atomic mass is 10.2. The number of likely N-dealkylation sites (tertiary alicyclic amines) is 1. The summed E-state index contributed by atoms with van der Waals surface area (Å²) in [7, 11) is 0.